The van der Waals surface area contributed by atoms with Gasteiger partial charge in [0.1, 0.15) is 23.3 Å². The van der Waals surface area contributed by atoms with Gasteiger partial charge in [0.25, 0.3) is 0 Å². The molecule has 4 rings (SSSR count). The highest BCUT2D eigenvalue weighted by Crippen LogP contribution is 2.25. The Bertz CT molecular complexity index is 1130. The molecule has 0 bridgehead atoms. The summed E-state index contributed by atoms with van der Waals surface area (Å²) in [4.78, 5) is 8.51. The van der Waals surface area contributed by atoms with Crippen molar-refractivity contribution >= 4 is 11.3 Å². The SMILES string of the molecule is N#Cc1cnc2c(Cc3ccccc3F)nc(C3=CN(C(F)(F)F)NN3)cn12. The summed E-state index contributed by atoms with van der Waals surface area (Å²) < 4.78 is 54.0. The lowest BCUT2D eigenvalue weighted by atomic mass is 10.1. The van der Waals surface area contributed by atoms with Crippen molar-refractivity contribution in [2.24, 2.45) is 0 Å². The van der Waals surface area contributed by atoms with Crippen LogP contribution >= 0.6 is 0 Å². The molecule has 0 radical (unpaired) electrons. The van der Waals surface area contributed by atoms with Crippen LogP contribution in [0.2, 0.25) is 0 Å². The summed E-state index contributed by atoms with van der Waals surface area (Å²) in [6, 6.07) is 8.05. The number of alkyl halides is 3. The van der Waals surface area contributed by atoms with Crippen LogP contribution in [0.3, 0.4) is 0 Å². The van der Waals surface area contributed by atoms with E-state index < -0.39 is 12.1 Å². The molecule has 0 saturated carbocycles. The molecule has 11 heteroatoms. The molecule has 142 valence electrons. The number of nitriles is 1. The lowest BCUT2D eigenvalue weighted by Gasteiger charge is -2.17. The molecule has 28 heavy (non-hydrogen) atoms. The highest BCUT2D eigenvalue weighted by Gasteiger charge is 2.38. The number of hydrogen-bond acceptors (Lipinski definition) is 6. The molecule has 0 fully saturated rings. The maximum Gasteiger partial charge on any atom is 0.500 e. The van der Waals surface area contributed by atoms with Gasteiger partial charge in [-0.05, 0) is 11.6 Å². The topological polar surface area (TPSA) is 81.3 Å². The van der Waals surface area contributed by atoms with Crippen molar-refractivity contribution in [1.82, 2.24) is 30.3 Å². The van der Waals surface area contributed by atoms with Crippen LogP contribution in [0.4, 0.5) is 17.6 Å². The van der Waals surface area contributed by atoms with Crippen LogP contribution in [0, 0.1) is 17.1 Å². The van der Waals surface area contributed by atoms with Crippen molar-refractivity contribution in [3.63, 3.8) is 0 Å². The summed E-state index contributed by atoms with van der Waals surface area (Å²) in [7, 11) is 0. The molecule has 3 aromatic rings. The zero-order valence-corrected chi connectivity index (χ0v) is 14.0. The van der Waals surface area contributed by atoms with E-state index in [1.54, 1.807) is 18.2 Å². The van der Waals surface area contributed by atoms with Gasteiger partial charge in [-0.1, -0.05) is 18.2 Å². The average molecular weight is 389 g/mol. The first-order valence-electron chi connectivity index (χ1n) is 7.97. The third-order valence-corrected chi connectivity index (χ3v) is 4.11. The molecule has 0 amide bonds. The molecule has 0 spiro atoms. The van der Waals surface area contributed by atoms with E-state index in [1.165, 1.54) is 22.9 Å². The van der Waals surface area contributed by atoms with E-state index in [1.807, 2.05) is 11.6 Å². The molecule has 0 saturated heterocycles. The van der Waals surface area contributed by atoms with E-state index in [2.05, 4.69) is 15.4 Å². The van der Waals surface area contributed by atoms with E-state index in [9.17, 15) is 22.8 Å². The summed E-state index contributed by atoms with van der Waals surface area (Å²) in [5.74, 6) is -0.442. The molecule has 1 aliphatic heterocycles. The number of halogens is 4. The lowest BCUT2D eigenvalue weighted by Crippen LogP contribution is -2.45. The predicted octanol–water partition coefficient (Wildman–Crippen LogP) is 2.47. The molecule has 0 atom stereocenters. The number of imidazole rings is 1. The van der Waals surface area contributed by atoms with E-state index in [4.69, 9.17) is 0 Å². The van der Waals surface area contributed by atoms with Crippen LogP contribution in [0.25, 0.3) is 11.3 Å². The third-order valence-electron chi connectivity index (χ3n) is 4.11. The molecule has 2 aromatic heterocycles. The number of aromatic nitrogens is 3. The van der Waals surface area contributed by atoms with Crippen molar-refractivity contribution in [3.8, 4) is 6.07 Å². The average Bonchev–Trinajstić information content (AvgIpc) is 3.30. The predicted molar refractivity (Wildman–Crippen MR) is 89.1 cm³/mol. The van der Waals surface area contributed by atoms with E-state index >= 15 is 0 Å². The molecule has 1 aliphatic rings. The number of benzene rings is 1. The minimum atomic E-state index is -4.64. The first kappa shape index (κ1) is 17.7. The Morgan fingerprint density at radius 2 is 2.00 bits per heavy atom. The molecule has 0 unspecified atom stereocenters. The smallest absolute Gasteiger partial charge is 0.300 e. The summed E-state index contributed by atoms with van der Waals surface area (Å²) in [6.45, 7) is 0. The second kappa shape index (κ2) is 6.50. The van der Waals surface area contributed by atoms with Crippen LogP contribution in [-0.4, -0.2) is 25.7 Å². The summed E-state index contributed by atoms with van der Waals surface area (Å²) >= 11 is 0. The van der Waals surface area contributed by atoms with Gasteiger partial charge in [0.05, 0.1) is 23.8 Å². The van der Waals surface area contributed by atoms with Gasteiger partial charge in [-0.25, -0.2) is 19.4 Å². The highest BCUT2D eigenvalue weighted by atomic mass is 19.4. The second-order valence-electron chi connectivity index (χ2n) is 5.91. The highest BCUT2D eigenvalue weighted by molar-refractivity contribution is 5.63. The zero-order valence-electron chi connectivity index (χ0n) is 14.0. The van der Waals surface area contributed by atoms with Crippen molar-refractivity contribution in [2.45, 2.75) is 12.7 Å². The maximum atomic E-state index is 14.1. The molecule has 3 heterocycles. The molecule has 7 nitrogen and oxygen atoms in total. The maximum absolute atomic E-state index is 14.1. The number of nitrogens with zero attached hydrogens (tertiary/aromatic N) is 5. The van der Waals surface area contributed by atoms with Crippen LogP contribution in [0.1, 0.15) is 22.6 Å². The van der Waals surface area contributed by atoms with Gasteiger partial charge in [-0.15, -0.1) is 18.7 Å². The minimum absolute atomic E-state index is 0.0339. The zero-order chi connectivity index (χ0) is 19.9. The fraction of sp³-hybridized carbons (Fsp3) is 0.118. The largest absolute Gasteiger partial charge is 0.500 e. The molecule has 0 aliphatic carbocycles. The first-order valence-corrected chi connectivity index (χ1v) is 7.97. The summed E-state index contributed by atoms with van der Waals surface area (Å²) in [6.07, 6.45) is -1.07. The van der Waals surface area contributed by atoms with Crippen molar-refractivity contribution < 1.29 is 17.6 Å². The van der Waals surface area contributed by atoms with E-state index in [0.717, 1.165) is 6.20 Å². The van der Waals surface area contributed by atoms with Gasteiger partial charge >= 0.3 is 6.30 Å². The molecular weight excluding hydrogens is 378 g/mol. The van der Waals surface area contributed by atoms with Crippen LogP contribution in [-0.2, 0) is 6.42 Å². The van der Waals surface area contributed by atoms with Crippen LogP contribution < -0.4 is 11.0 Å². The number of hydrogen-bond donors (Lipinski definition) is 2. The van der Waals surface area contributed by atoms with E-state index in [0.29, 0.717) is 16.9 Å². The Kier molecular flexibility index (Phi) is 4.12. The van der Waals surface area contributed by atoms with Crippen molar-refractivity contribution in [1.29, 1.82) is 5.26 Å². The standard InChI is InChI=1S/C17H11F4N7/c18-12-4-2-1-3-10(12)5-13-16-23-7-11(6-22)27(16)8-14(24-13)15-9-28(26-25-15)17(19,20)21/h1-4,7-9,25-26H,5H2. The van der Waals surface area contributed by atoms with Crippen LogP contribution in [0.15, 0.2) is 42.9 Å². The van der Waals surface area contributed by atoms with Gasteiger partial charge in [0.2, 0.25) is 0 Å². The van der Waals surface area contributed by atoms with Gasteiger partial charge in [0, 0.05) is 12.6 Å². The third kappa shape index (κ3) is 3.10. The molecule has 1 aromatic carbocycles. The number of hydrazine groups is 2. The van der Waals surface area contributed by atoms with Crippen LogP contribution in [0.5, 0.6) is 0 Å². The second-order valence-corrected chi connectivity index (χ2v) is 5.91. The quantitative estimate of drug-likeness (QED) is 0.529. The number of nitrogens with one attached hydrogen (secondary N) is 2. The van der Waals surface area contributed by atoms with Gasteiger partial charge in [0.15, 0.2) is 5.65 Å². The Morgan fingerprint density at radius 1 is 1.21 bits per heavy atom. The number of rotatable bonds is 3. The fourth-order valence-corrected chi connectivity index (χ4v) is 2.79. The Hall–Kier alpha value is -3.65. The monoisotopic (exact) mass is 389 g/mol. The fourth-order valence-electron chi connectivity index (χ4n) is 2.79. The molecular formula is C17H11F4N7. The van der Waals surface area contributed by atoms with Crippen molar-refractivity contribution in [3.05, 3.63) is 71.3 Å². The Morgan fingerprint density at radius 3 is 2.68 bits per heavy atom. The first-order chi connectivity index (χ1) is 13.4. The molecule has 2 N–H and O–H groups in total. The van der Waals surface area contributed by atoms with Gasteiger partial charge in [-0.3, -0.25) is 9.83 Å². The Labute approximate surface area is 155 Å². The summed E-state index contributed by atoms with van der Waals surface area (Å²) in [5.41, 5.74) is 5.68. The summed E-state index contributed by atoms with van der Waals surface area (Å²) in [5, 5.41) is 9.20. The number of fused-ring (bicyclic) bond motifs is 1. The minimum Gasteiger partial charge on any atom is -0.300 e. The van der Waals surface area contributed by atoms with E-state index in [-0.39, 0.29) is 28.5 Å². The Balaban J connectivity index is 1.83. The van der Waals surface area contributed by atoms with Gasteiger partial charge < -0.3 is 0 Å². The van der Waals surface area contributed by atoms with Crippen molar-refractivity contribution in [2.75, 3.05) is 0 Å². The normalized spacial score (nSPS) is 14.1. The van der Waals surface area contributed by atoms with Gasteiger partial charge in [-0.2, -0.15) is 5.26 Å². The lowest BCUT2D eigenvalue weighted by molar-refractivity contribution is -0.243.